The molecule has 0 radical (unpaired) electrons. The van der Waals surface area contributed by atoms with Gasteiger partial charge in [0.1, 0.15) is 13.2 Å². The van der Waals surface area contributed by atoms with E-state index < -0.39 is 0 Å². The Morgan fingerprint density at radius 2 is 2.05 bits per heavy atom. The summed E-state index contributed by atoms with van der Waals surface area (Å²) in [5.41, 5.74) is 0.619. The van der Waals surface area contributed by atoms with E-state index in [1.165, 1.54) is 0 Å². The van der Waals surface area contributed by atoms with Gasteiger partial charge < -0.3 is 14.8 Å². The van der Waals surface area contributed by atoms with Gasteiger partial charge in [-0.2, -0.15) is 0 Å². The van der Waals surface area contributed by atoms with Crippen molar-refractivity contribution < 1.29 is 14.3 Å². The normalized spacial score (nSPS) is 14.6. The lowest BCUT2D eigenvalue weighted by Gasteiger charge is -2.19. The third kappa shape index (κ3) is 4.63. The van der Waals surface area contributed by atoms with E-state index in [0.717, 1.165) is 24.6 Å². The van der Waals surface area contributed by atoms with Gasteiger partial charge in [-0.3, -0.25) is 4.79 Å². The summed E-state index contributed by atoms with van der Waals surface area (Å²) < 4.78 is 11.0. The van der Waals surface area contributed by atoms with Crippen molar-refractivity contribution in [2.24, 2.45) is 5.92 Å². The van der Waals surface area contributed by atoms with Gasteiger partial charge in [-0.1, -0.05) is 29.3 Å². The number of alkyl halides is 1. The molecule has 1 N–H and O–H groups in total. The highest BCUT2D eigenvalue weighted by Gasteiger charge is 2.15. The van der Waals surface area contributed by atoms with Crippen LogP contribution in [-0.2, 0) is 0 Å². The van der Waals surface area contributed by atoms with Crippen molar-refractivity contribution in [3.05, 3.63) is 23.8 Å². The van der Waals surface area contributed by atoms with Crippen molar-refractivity contribution in [3.63, 3.8) is 0 Å². The molecule has 0 saturated carbocycles. The smallest absolute Gasteiger partial charge is 0.251 e. The second-order valence-electron chi connectivity index (χ2n) is 5.20. The van der Waals surface area contributed by atoms with Crippen LogP contribution in [0.15, 0.2) is 18.2 Å². The Labute approximate surface area is 134 Å². The zero-order valence-electron chi connectivity index (χ0n) is 12.4. The molecule has 1 unspecified atom stereocenters. The zero-order chi connectivity index (χ0) is 15.1. The molecule has 4 nitrogen and oxygen atoms in total. The molecule has 0 saturated heterocycles. The van der Waals surface area contributed by atoms with Crippen molar-refractivity contribution in [3.8, 4) is 11.5 Å². The van der Waals surface area contributed by atoms with Crippen LogP contribution in [0.2, 0.25) is 0 Å². The fraction of sp³-hybridized carbons (Fsp3) is 0.562. The van der Waals surface area contributed by atoms with Crippen molar-refractivity contribution in [1.82, 2.24) is 5.32 Å². The minimum absolute atomic E-state index is 0.0531. The van der Waals surface area contributed by atoms with Crippen LogP contribution in [0, 0.1) is 5.92 Å². The quantitative estimate of drug-likeness (QED) is 0.762. The average molecular weight is 356 g/mol. The first kappa shape index (κ1) is 16.1. The number of hydrogen-bond acceptors (Lipinski definition) is 3. The molecular formula is C16H22BrNO3. The largest absolute Gasteiger partial charge is 0.486 e. The van der Waals surface area contributed by atoms with Crippen LogP contribution < -0.4 is 14.8 Å². The number of amides is 1. The fourth-order valence-corrected chi connectivity index (χ4v) is 3.08. The van der Waals surface area contributed by atoms with Crippen LogP contribution >= 0.6 is 15.9 Å². The van der Waals surface area contributed by atoms with Crippen LogP contribution in [0.1, 0.15) is 36.5 Å². The third-order valence-electron chi connectivity index (χ3n) is 3.57. The number of carbonyl (C=O) groups excluding carboxylic acids is 1. The maximum absolute atomic E-state index is 12.2. The predicted molar refractivity (Wildman–Crippen MR) is 86.6 cm³/mol. The first-order valence-corrected chi connectivity index (χ1v) is 8.60. The van der Waals surface area contributed by atoms with Gasteiger partial charge >= 0.3 is 0 Å². The molecule has 1 atom stereocenters. The number of halogens is 1. The number of fused-ring (bicyclic) bond motifs is 1. The van der Waals surface area contributed by atoms with E-state index in [4.69, 9.17) is 9.47 Å². The predicted octanol–water partition coefficient (Wildman–Crippen LogP) is 3.39. The van der Waals surface area contributed by atoms with Crippen LogP contribution in [0.5, 0.6) is 11.5 Å². The summed E-state index contributed by atoms with van der Waals surface area (Å²) >= 11 is 3.47. The zero-order valence-corrected chi connectivity index (χ0v) is 13.9. The molecule has 0 fully saturated rings. The lowest BCUT2D eigenvalue weighted by molar-refractivity contribution is 0.0944. The first-order chi connectivity index (χ1) is 10.2. The van der Waals surface area contributed by atoms with Crippen molar-refractivity contribution >= 4 is 21.8 Å². The molecule has 5 heteroatoms. The van der Waals surface area contributed by atoms with Gasteiger partial charge in [0.15, 0.2) is 11.5 Å². The molecule has 0 spiro atoms. The Balaban J connectivity index is 1.93. The van der Waals surface area contributed by atoms with Gasteiger partial charge in [0.2, 0.25) is 0 Å². The van der Waals surface area contributed by atoms with Crippen molar-refractivity contribution in [2.45, 2.75) is 26.2 Å². The summed E-state index contributed by atoms with van der Waals surface area (Å²) in [5, 5.41) is 3.99. The summed E-state index contributed by atoms with van der Waals surface area (Å²) in [6, 6.07) is 5.33. The van der Waals surface area contributed by atoms with Crippen molar-refractivity contribution in [2.75, 3.05) is 25.1 Å². The second-order valence-corrected chi connectivity index (χ2v) is 5.99. The molecule has 0 bridgehead atoms. The molecule has 0 aromatic heterocycles. The number of nitrogens with one attached hydrogen (secondary N) is 1. The molecular weight excluding hydrogens is 334 g/mol. The van der Waals surface area contributed by atoms with Crippen LogP contribution in [-0.4, -0.2) is 31.0 Å². The van der Waals surface area contributed by atoms with Gasteiger partial charge in [0, 0.05) is 17.4 Å². The summed E-state index contributed by atoms with van der Waals surface area (Å²) in [6.07, 6.45) is 3.35. The molecule has 1 aromatic carbocycles. The number of ether oxygens (including phenoxy) is 2. The summed E-state index contributed by atoms with van der Waals surface area (Å²) in [4.78, 5) is 12.2. The van der Waals surface area contributed by atoms with Crippen LogP contribution in [0.25, 0.3) is 0 Å². The van der Waals surface area contributed by atoms with Crippen LogP contribution in [0.4, 0.5) is 0 Å². The molecule has 1 amide bonds. The van der Waals surface area contributed by atoms with Gasteiger partial charge in [-0.25, -0.2) is 0 Å². The van der Waals surface area contributed by atoms with E-state index in [1.807, 2.05) is 0 Å². The second kappa shape index (κ2) is 8.27. The molecule has 0 aliphatic carbocycles. The van der Waals surface area contributed by atoms with Gasteiger partial charge in [-0.05, 0) is 37.0 Å². The van der Waals surface area contributed by atoms with Gasteiger partial charge in [0.05, 0.1) is 0 Å². The Kier molecular flexibility index (Phi) is 6.36. The topological polar surface area (TPSA) is 47.6 Å². The summed E-state index contributed by atoms with van der Waals surface area (Å²) in [6.45, 7) is 3.97. The molecule has 1 heterocycles. The van der Waals surface area contributed by atoms with Crippen molar-refractivity contribution in [1.29, 1.82) is 0 Å². The molecule has 1 aliphatic rings. The van der Waals surface area contributed by atoms with Gasteiger partial charge in [-0.15, -0.1) is 0 Å². The van der Waals surface area contributed by atoms with E-state index in [2.05, 4.69) is 28.2 Å². The number of hydrogen-bond donors (Lipinski definition) is 1. The monoisotopic (exact) mass is 355 g/mol. The highest BCUT2D eigenvalue weighted by atomic mass is 79.9. The van der Waals surface area contributed by atoms with E-state index in [1.54, 1.807) is 18.2 Å². The highest BCUT2D eigenvalue weighted by molar-refractivity contribution is 9.09. The minimum atomic E-state index is -0.0531. The first-order valence-electron chi connectivity index (χ1n) is 7.48. The fourth-order valence-electron chi connectivity index (χ4n) is 2.43. The third-order valence-corrected chi connectivity index (χ3v) is 4.03. The number of rotatable bonds is 7. The molecule has 116 valence electrons. The lowest BCUT2D eigenvalue weighted by atomic mass is 10.0. The highest BCUT2D eigenvalue weighted by Crippen LogP contribution is 2.30. The van der Waals surface area contributed by atoms with E-state index in [-0.39, 0.29) is 5.91 Å². The number of benzene rings is 1. The minimum Gasteiger partial charge on any atom is -0.486 e. The maximum Gasteiger partial charge on any atom is 0.251 e. The van der Waals surface area contributed by atoms with E-state index >= 15 is 0 Å². The Morgan fingerprint density at radius 3 is 2.76 bits per heavy atom. The maximum atomic E-state index is 12.2. The Bertz CT molecular complexity index is 473. The molecule has 1 aromatic rings. The number of carbonyl (C=O) groups is 1. The van der Waals surface area contributed by atoms with Crippen LogP contribution in [0.3, 0.4) is 0 Å². The SMILES string of the molecule is CCCC(CCBr)CNC(=O)c1ccc2c(c1)OCCO2. The Morgan fingerprint density at radius 1 is 1.29 bits per heavy atom. The summed E-state index contributed by atoms with van der Waals surface area (Å²) in [5.74, 6) is 1.83. The average Bonchev–Trinajstić information content (AvgIpc) is 2.52. The molecule has 1 aliphatic heterocycles. The van der Waals surface area contributed by atoms with E-state index in [0.29, 0.717) is 42.7 Å². The lowest BCUT2D eigenvalue weighted by Crippen LogP contribution is -2.29. The summed E-state index contributed by atoms with van der Waals surface area (Å²) in [7, 11) is 0. The molecule has 21 heavy (non-hydrogen) atoms. The van der Waals surface area contributed by atoms with E-state index in [9.17, 15) is 4.79 Å². The van der Waals surface area contributed by atoms with Gasteiger partial charge in [0.25, 0.3) is 5.91 Å². The standard InChI is InChI=1S/C16H22BrNO3/c1-2-3-12(6-7-17)11-18-16(19)13-4-5-14-15(10-13)21-9-8-20-14/h4-5,10,12H,2-3,6-9,11H2,1H3,(H,18,19). The Hall–Kier alpha value is -1.23. The molecule has 2 rings (SSSR count).